The van der Waals surface area contributed by atoms with Gasteiger partial charge in [-0.2, -0.15) is 0 Å². The fourth-order valence-corrected chi connectivity index (χ4v) is 3.14. The van der Waals surface area contributed by atoms with Crippen molar-refractivity contribution < 1.29 is 18.7 Å². The van der Waals surface area contributed by atoms with E-state index < -0.39 is 6.23 Å². The van der Waals surface area contributed by atoms with Gasteiger partial charge in [0, 0.05) is 5.56 Å². The number of aromatic nitrogens is 2. The molecule has 1 amide bonds. The Hall–Kier alpha value is -1.61. The minimum absolute atomic E-state index is 0.203. The molecule has 6 nitrogen and oxygen atoms in total. The molecule has 3 rings (SSSR count). The molecule has 0 saturated carbocycles. The van der Waals surface area contributed by atoms with Crippen LogP contribution < -0.4 is 4.90 Å². The Bertz CT molecular complexity index is 676. The van der Waals surface area contributed by atoms with Gasteiger partial charge < -0.3 is 9.47 Å². The van der Waals surface area contributed by atoms with Gasteiger partial charge in [-0.25, -0.2) is 4.39 Å². The van der Waals surface area contributed by atoms with Gasteiger partial charge in [0.1, 0.15) is 16.7 Å². The number of anilines is 1. The lowest BCUT2D eigenvalue weighted by Gasteiger charge is -2.31. The molecular weight excluding hydrogens is 345 g/mol. The average Bonchev–Trinajstić information content (AvgIpc) is 3.06. The van der Waals surface area contributed by atoms with Gasteiger partial charge in [-0.1, -0.05) is 11.3 Å². The summed E-state index contributed by atoms with van der Waals surface area (Å²) >= 11 is 6.89. The van der Waals surface area contributed by atoms with Crippen molar-refractivity contribution in [2.75, 3.05) is 30.6 Å². The summed E-state index contributed by atoms with van der Waals surface area (Å²) in [6, 6.07) is 5.90. The monoisotopic (exact) mass is 357 g/mol. The Morgan fingerprint density at radius 3 is 2.78 bits per heavy atom. The fraction of sp³-hybridized carbons (Fsp3) is 0.357. The Morgan fingerprint density at radius 2 is 2.13 bits per heavy atom. The summed E-state index contributed by atoms with van der Waals surface area (Å²) in [5, 5.41) is 9.05. The lowest BCUT2D eigenvalue weighted by molar-refractivity contribution is -0.126. The van der Waals surface area contributed by atoms with Crippen LogP contribution in [-0.4, -0.2) is 48.0 Å². The minimum Gasteiger partial charge on any atom is -0.374 e. The highest BCUT2D eigenvalue weighted by atomic mass is 35.5. The molecule has 122 valence electrons. The predicted molar refractivity (Wildman–Crippen MR) is 84.1 cm³/mol. The third-order valence-corrected chi connectivity index (χ3v) is 4.38. The first-order valence-electron chi connectivity index (χ1n) is 6.86. The smallest absolute Gasteiger partial charge is 0.245 e. The fourth-order valence-electron chi connectivity index (χ4n) is 2.10. The molecule has 1 aromatic heterocycles. The molecule has 0 radical (unpaired) electrons. The van der Waals surface area contributed by atoms with Gasteiger partial charge in [0.2, 0.25) is 11.0 Å². The summed E-state index contributed by atoms with van der Waals surface area (Å²) in [6.45, 7) is 1.12. The van der Waals surface area contributed by atoms with Crippen LogP contribution in [0.2, 0.25) is 0 Å². The molecule has 9 heteroatoms. The molecule has 2 aromatic rings. The SMILES string of the molecule is O=C(CCl)N(c1nnc(-c2ccc(F)cc2)s1)C1COCCO1. The molecule has 1 saturated heterocycles. The second kappa shape index (κ2) is 7.31. The zero-order chi connectivity index (χ0) is 16.2. The summed E-state index contributed by atoms with van der Waals surface area (Å²) in [6.07, 6.45) is -0.580. The van der Waals surface area contributed by atoms with Crippen molar-refractivity contribution in [2.45, 2.75) is 6.23 Å². The van der Waals surface area contributed by atoms with E-state index in [1.807, 2.05) is 0 Å². The maximum atomic E-state index is 13.0. The number of nitrogens with zero attached hydrogens (tertiary/aromatic N) is 3. The summed E-state index contributed by atoms with van der Waals surface area (Å²) < 4.78 is 23.9. The molecule has 1 fully saturated rings. The van der Waals surface area contributed by atoms with E-state index in [0.717, 1.165) is 0 Å². The standard InChI is InChI=1S/C14H13ClFN3O3S/c15-7-11(20)19(12-8-21-5-6-22-12)14-18-17-13(23-14)9-1-3-10(16)4-2-9/h1-4,12H,5-8H2. The molecule has 0 bridgehead atoms. The second-order valence-electron chi connectivity index (χ2n) is 4.69. The van der Waals surface area contributed by atoms with Crippen molar-refractivity contribution in [3.05, 3.63) is 30.1 Å². The number of carbonyl (C=O) groups excluding carboxylic acids is 1. The quantitative estimate of drug-likeness (QED) is 0.785. The molecular formula is C14H13ClFN3O3S. The first-order chi connectivity index (χ1) is 11.2. The van der Waals surface area contributed by atoms with Crippen LogP contribution in [-0.2, 0) is 14.3 Å². The molecule has 0 aliphatic carbocycles. The minimum atomic E-state index is -0.580. The number of hydrogen-bond acceptors (Lipinski definition) is 6. The lowest BCUT2D eigenvalue weighted by atomic mass is 10.2. The van der Waals surface area contributed by atoms with Gasteiger partial charge in [0.25, 0.3) is 0 Å². The second-order valence-corrected chi connectivity index (χ2v) is 5.92. The van der Waals surface area contributed by atoms with Crippen LogP contribution in [0.5, 0.6) is 0 Å². The highest BCUT2D eigenvalue weighted by molar-refractivity contribution is 7.18. The molecule has 1 unspecified atom stereocenters. The average molecular weight is 358 g/mol. The number of alkyl halides is 1. The van der Waals surface area contributed by atoms with Crippen molar-refractivity contribution >= 4 is 34.0 Å². The molecule has 2 heterocycles. The van der Waals surface area contributed by atoms with Crippen molar-refractivity contribution in [3.63, 3.8) is 0 Å². The number of rotatable bonds is 4. The van der Waals surface area contributed by atoms with E-state index in [2.05, 4.69) is 10.2 Å². The highest BCUT2D eigenvalue weighted by Crippen LogP contribution is 2.30. The Labute approximate surface area is 140 Å². The molecule has 1 aliphatic rings. The zero-order valence-corrected chi connectivity index (χ0v) is 13.5. The first-order valence-corrected chi connectivity index (χ1v) is 8.21. The molecule has 1 aliphatic heterocycles. The maximum Gasteiger partial charge on any atom is 0.245 e. The van der Waals surface area contributed by atoms with E-state index in [1.165, 1.54) is 28.4 Å². The van der Waals surface area contributed by atoms with Crippen molar-refractivity contribution in [1.82, 2.24) is 10.2 Å². The van der Waals surface area contributed by atoms with E-state index in [1.54, 1.807) is 12.1 Å². The third kappa shape index (κ3) is 3.66. The molecule has 0 N–H and O–H groups in total. The van der Waals surface area contributed by atoms with Crippen LogP contribution in [0.15, 0.2) is 24.3 Å². The predicted octanol–water partition coefficient (Wildman–Crippen LogP) is 2.29. The third-order valence-electron chi connectivity index (χ3n) is 3.18. The zero-order valence-electron chi connectivity index (χ0n) is 11.9. The summed E-state index contributed by atoms with van der Waals surface area (Å²) in [4.78, 5) is 13.5. The maximum absolute atomic E-state index is 13.0. The summed E-state index contributed by atoms with van der Waals surface area (Å²) in [7, 11) is 0. The van der Waals surface area contributed by atoms with Crippen LogP contribution in [0, 0.1) is 5.82 Å². The number of ether oxygens (including phenoxy) is 2. The van der Waals surface area contributed by atoms with E-state index in [-0.39, 0.29) is 24.2 Å². The molecule has 23 heavy (non-hydrogen) atoms. The molecule has 0 spiro atoms. The highest BCUT2D eigenvalue weighted by Gasteiger charge is 2.30. The summed E-state index contributed by atoms with van der Waals surface area (Å²) in [5.74, 6) is -0.875. The van der Waals surface area contributed by atoms with Gasteiger partial charge in [-0.3, -0.25) is 9.69 Å². The Morgan fingerprint density at radius 1 is 1.35 bits per heavy atom. The van der Waals surface area contributed by atoms with E-state index >= 15 is 0 Å². The van der Waals surface area contributed by atoms with Crippen LogP contribution in [0.25, 0.3) is 10.6 Å². The first kappa shape index (κ1) is 16.3. The number of halogens is 2. The normalized spacial score (nSPS) is 17.9. The Kier molecular flexibility index (Phi) is 5.16. The van der Waals surface area contributed by atoms with Crippen molar-refractivity contribution in [3.8, 4) is 10.6 Å². The van der Waals surface area contributed by atoms with Crippen LogP contribution in [0.4, 0.5) is 9.52 Å². The topological polar surface area (TPSA) is 64.6 Å². The number of carbonyl (C=O) groups is 1. The van der Waals surface area contributed by atoms with E-state index in [9.17, 15) is 9.18 Å². The van der Waals surface area contributed by atoms with E-state index in [4.69, 9.17) is 21.1 Å². The van der Waals surface area contributed by atoms with Crippen molar-refractivity contribution in [1.29, 1.82) is 0 Å². The lowest BCUT2D eigenvalue weighted by Crippen LogP contribution is -2.48. The van der Waals surface area contributed by atoms with Gasteiger partial charge in [-0.05, 0) is 24.3 Å². The summed E-state index contributed by atoms with van der Waals surface area (Å²) in [5.41, 5.74) is 0.717. The van der Waals surface area contributed by atoms with Crippen LogP contribution in [0.3, 0.4) is 0 Å². The van der Waals surface area contributed by atoms with E-state index in [0.29, 0.717) is 28.9 Å². The Balaban J connectivity index is 1.87. The van der Waals surface area contributed by atoms with Crippen LogP contribution in [0.1, 0.15) is 0 Å². The van der Waals surface area contributed by atoms with Gasteiger partial charge >= 0.3 is 0 Å². The van der Waals surface area contributed by atoms with Crippen LogP contribution >= 0.6 is 22.9 Å². The van der Waals surface area contributed by atoms with Gasteiger partial charge in [0.15, 0.2) is 6.23 Å². The van der Waals surface area contributed by atoms with Crippen molar-refractivity contribution in [2.24, 2.45) is 0 Å². The number of benzene rings is 1. The largest absolute Gasteiger partial charge is 0.374 e. The molecule has 1 aromatic carbocycles. The van der Waals surface area contributed by atoms with Gasteiger partial charge in [-0.15, -0.1) is 21.8 Å². The van der Waals surface area contributed by atoms with Gasteiger partial charge in [0.05, 0.1) is 19.8 Å². The number of amides is 1. The number of hydrogen-bond donors (Lipinski definition) is 0. The molecule has 1 atom stereocenters.